The lowest BCUT2D eigenvalue weighted by Crippen LogP contribution is -1.73. The second-order valence-electron chi connectivity index (χ2n) is 5.28. The Bertz CT molecular complexity index is 647. The Morgan fingerprint density at radius 3 is 2.47 bits per heavy atom. The first-order valence-electron chi connectivity index (χ1n) is 6.57. The number of fused-ring (bicyclic) bond motifs is 1. The first-order chi connectivity index (χ1) is 9.08. The maximum atomic E-state index is 4.07. The topological polar surface area (TPSA) is 28.7 Å². The monoisotopic (exact) mass is 272 g/mol. The molecule has 1 N–H and O–H groups in total. The van der Waals surface area contributed by atoms with Crippen molar-refractivity contribution in [3.63, 3.8) is 0 Å². The van der Waals surface area contributed by atoms with Crippen LogP contribution in [0, 0.1) is 12.8 Å². The van der Waals surface area contributed by atoms with Crippen LogP contribution >= 0.6 is 11.3 Å². The van der Waals surface area contributed by atoms with Crippen molar-refractivity contribution in [3.05, 3.63) is 41.4 Å². The molecule has 0 bridgehead atoms. The fourth-order valence-electron chi connectivity index (χ4n) is 1.76. The molecule has 0 unspecified atom stereocenters. The van der Waals surface area contributed by atoms with Gasteiger partial charge in [-0.15, -0.1) is 11.3 Å². The number of H-pyrrole nitrogens is 1. The number of nitrogens with one attached hydrogen (secondary N) is 1. The molecule has 1 aromatic carbocycles. The number of thiophene rings is 1. The molecule has 0 fully saturated rings. The van der Waals surface area contributed by atoms with Crippen molar-refractivity contribution in [2.45, 2.75) is 27.7 Å². The van der Waals surface area contributed by atoms with Gasteiger partial charge in [0.1, 0.15) is 0 Å². The van der Waals surface area contributed by atoms with E-state index in [1.165, 1.54) is 20.7 Å². The van der Waals surface area contributed by atoms with E-state index in [0.717, 1.165) is 11.4 Å². The Morgan fingerprint density at radius 1 is 1.11 bits per heavy atom. The zero-order valence-electron chi connectivity index (χ0n) is 11.9. The summed E-state index contributed by atoms with van der Waals surface area (Å²) in [5, 5.41) is 8.26. The van der Waals surface area contributed by atoms with Crippen molar-refractivity contribution < 1.29 is 0 Å². The number of nitrogens with zero attached hydrogens (tertiary/aromatic N) is 1. The number of hydrogen-bond donors (Lipinski definition) is 1. The fraction of sp³-hybridized carbons (Fsp3) is 0.312. The van der Waals surface area contributed by atoms with Crippen molar-refractivity contribution >= 4 is 22.2 Å². The lowest BCUT2D eigenvalue weighted by atomic mass is 10.1. The average molecular weight is 272 g/mol. The fourth-order valence-corrected chi connectivity index (χ4v) is 2.67. The molecule has 2 aromatic heterocycles. The van der Waals surface area contributed by atoms with Gasteiger partial charge >= 0.3 is 0 Å². The number of benzene rings is 1. The summed E-state index contributed by atoms with van der Waals surface area (Å²) in [6.07, 6.45) is 1.89. The smallest absolute Gasteiger partial charge is 0.0656 e. The Hall–Kier alpha value is -1.61. The van der Waals surface area contributed by atoms with Crippen LogP contribution < -0.4 is 0 Å². The maximum absolute atomic E-state index is 4.07. The highest BCUT2D eigenvalue weighted by molar-refractivity contribution is 7.15. The van der Waals surface area contributed by atoms with E-state index in [1.807, 2.05) is 23.6 Å². The van der Waals surface area contributed by atoms with Gasteiger partial charge in [-0.1, -0.05) is 32.9 Å². The molecule has 3 heteroatoms. The molecule has 0 amide bonds. The lowest BCUT2D eigenvalue weighted by molar-refractivity contribution is 0.737. The van der Waals surface area contributed by atoms with Gasteiger partial charge in [0, 0.05) is 20.7 Å². The van der Waals surface area contributed by atoms with E-state index >= 15 is 0 Å². The van der Waals surface area contributed by atoms with Crippen molar-refractivity contribution in [2.24, 2.45) is 5.92 Å². The molecule has 3 aromatic rings. The quantitative estimate of drug-likeness (QED) is 0.643. The normalized spacial score (nSPS) is 10.6. The summed E-state index contributed by atoms with van der Waals surface area (Å²) >= 11 is 1.82. The molecule has 0 aliphatic rings. The van der Waals surface area contributed by atoms with Gasteiger partial charge in [0.2, 0.25) is 0 Å². The maximum Gasteiger partial charge on any atom is 0.0656 e. The van der Waals surface area contributed by atoms with E-state index in [4.69, 9.17) is 0 Å². The van der Waals surface area contributed by atoms with Gasteiger partial charge in [0.25, 0.3) is 0 Å². The molecule has 100 valence electrons. The first kappa shape index (κ1) is 13.8. The second-order valence-corrected chi connectivity index (χ2v) is 6.57. The van der Waals surface area contributed by atoms with E-state index in [-0.39, 0.29) is 0 Å². The molecule has 0 spiro atoms. The van der Waals surface area contributed by atoms with Crippen LogP contribution in [-0.4, -0.2) is 10.2 Å². The Labute approximate surface area is 118 Å². The van der Waals surface area contributed by atoms with Gasteiger partial charge in [-0.2, -0.15) is 5.10 Å². The average Bonchev–Trinajstić information content (AvgIpc) is 2.95. The van der Waals surface area contributed by atoms with Crippen molar-refractivity contribution in [3.8, 4) is 10.4 Å². The molecule has 0 aliphatic heterocycles. The Balaban J connectivity index is 0.000000297. The molecule has 0 radical (unpaired) electrons. The van der Waals surface area contributed by atoms with Gasteiger partial charge in [-0.3, -0.25) is 5.10 Å². The van der Waals surface area contributed by atoms with Gasteiger partial charge in [-0.05, 0) is 31.0 Å². The highest BCUT2D eigenvalue weighted by atomic mass is 32.1. The van der Waals surface area contributed by atoms with Crippen LogP contribution in [0.25, 0.3) is 21.3 Å². The Kier molecular flexibility index (Phi) is 4.38. The summed E-state index contributed by atoms with van der Waals surface area (Å²) in [5.74, 6) is 0.833. The lowest BCUT2D eigenvalue weighted by Gasteiger charge is -1.98. The van der Waals surface area contributed by atoms with Gasteiger partial charge in [0.05, 0.1) is 11.7 Å². The van der Waals surface area contributed by atoms with Gasteiger partial charge < -0.3 is 0 Å². The summed E-state index contributed by atoms with van der Waals surface area (Å²) in [7, 11) is 0. The molecular formula is C16H20N2S. The highest BCUT2D eigenvalue weighted by Crippen LogP contribution is 2.32. The molecule has 3 rings (SSSR count). The Morgan fingerprint density at radius 2 is 1.84 bits per heavy atom. The largest absolute Gasteiger partial charge is 0.278 e. The number of rotatable bonds is 1. The zero-order chi connectivity index (χ0) is 13.8. The van der Waals surface area contributed by atoms with E-state index in [0.29, 0.717) is 0 Å². The minimum Gasteiger partial charge on any atom is -0.278 e. The van der Waals surface area contributed by atoms with Gasteiger partial charge in [0.15, 0.2) is 0 Å². The van der Waals surface area contributed by atoms with E-state index < -0.39 is 0 Å². The molecule has 0 aliphatic carbocycles. The summed E-state index contributed by atoms with van der Waals surface area (Å²) in [6.45, 7) is 8.63. The van der Waals surface area contributed by atoms with Crippen LogP contribution in [0.1, 0.15) is 25.6 Å². The number of aromatic nitrogens is 2. The van der Waals surface area contributed by atoms with Crippen LogP contribution in [0.5, 0.6) is 0 Å². The SMILES string of the molecule is CC(C)C.Cc1ccc(-c2cccc3[nH]ncc23)s1. The standard InChI is InChI=1S/C12H10N2S.C4H10/c1-8-5-6-12(15-8)9-3-2-4-11-10(9)7-13-14-11;1-4(2)3/h2-7H,1H3,(H,13,14);4H,1-3H3. The molecular weight excluding hydrogens is 252 g/mol. The summed E-state index contributed by atoms with van der Waals surface area (Å²) in [4.78, 5) is 2.64. The second kappa shape index (κ2) is 6.02. The number of hydrogen-bond acceptors (Lipinski definition) is 2. The van der Waals surface area contributed by atoms with Crippen LogP contribution in [0.2, 0.25) is 0 Å². The molecule has 2 heterocycles. The summed E-state index contributed by atoms with van der Waals surface area (Å²) in [6, 6.07) is 10.6. The van der Waals surface area contributed by atoms with Crippen LogP contribution in [-0.2, 0) is 0 Å². The third-order valence-electron chi connectivity index (χ3n) is 2.49. The van der Waals surface area contributed by atoms with Crippen molar-refractivity contribution in [1.29, 1.82) is 0 Å². The minimum atomic E-state index is 0.833. The molecule has 0 saturated carbocycles. The first-order valence-corrected chi connectivity index (χ1v) is 7.38. The number of aromatic amines is 1. The van der Waals surface area contributed by atoms with E-state index in [9.17, 15) is 0 Å². The van der Waals surface area contributed by atoms with Crippen molar-refractivity contribution in [1.82, 2.24) is 10.2 Å². The van der Waals surface area contributed by atoms with E-state index in [2.05, 4.69) is 62.2 Å². The molecule has 0 atom stereocenters. The third-order valence-corrected chi connectivity index (χ3v) is 3.52. The van der Waals surface area contributed by atoms with Crippen molar-refractivity contribution in [2.75, 3.05) is 0 Å². The predicted octanol–water partition coefficient (Wildman–Crippen LogP) is 5.26. The highest BCUT2D eigenvalue weighted by Gasteiger charge is 2.06. The molecule has 19 heavy (non-hydrogen) atoms. The molecule has 0 saturated heterocycles. The minimum absolute atomic E-state index is 0.833. The zero-order valence-corrected chi connectivity index (χ0v) is 12.7. The summed E-state index contributed by atoms with van der Waals surface area (Å²) < 4.78 is 0. The van der Waals surface area contributed by atoms with Crippen LogP contribution in [0.4, 0.5) is 0 Å². The van der Waals surface area contributed by atoms with E-state index in [1.54, 1.807) is 0 Å². The number of aryl methyl sites for hydroxylation is 1. The summed E-state index contributed by atoms with van der Waals surface area (Å²) in [5.41, 5.74) is 2.36. The predicted molar refractivity (Wildman–Crippen MR) is 84.7 cm³/mol. The van der Waals surface area contributed by atoms with Crippen LogP contribution in [0.15, 0.2) is 36.5 Å². The molecule has 2 nitrogen and oxygen atoms in total. The third kappa shape index (κ3) is 3.44. The van der Waals surface area contributed by atoms with Gasteiger partial charge in [-0.25, -0.2) is 0 Å². The van der Waals surface area contributed by atoms with Crippen LogP contribution in [0.3, 0.4) is 0 Å².